The molecule has 0 bridgehead atoms. The normalized spacial score (nSPS) is 18.0. The summed E-state index contributed by atoms with van der Waals surface area (Å²) in [7, 11) is 0. The van der Waals surface area contributed by atoms with Gasteiger partial charge in [0.2, 0.25) is 5.91 Å². The fourth-order valence-corrected chi connectivity index (χ4v) is 3.27. The highest BCUT2D eigenvalue weighted by Crippen LogP contribution is 2.30. The van der Waals surface area contributed by atoms with Crippen molar-refractivity contribution in [2.45, 2.75) is 49.5 Å². The molecule has 0 saturated heterocycles. The molecule has 1 amide bonds. The van der Waals surface area contributed by atoms with Crippen molar-refractivity contribution < 1.29 is 4.79 Å². The van der Waals surface area contributed by atoms with E-state index in [0.29, 0.717) is 0 Å². The molecular weight excluding hydrogens is 256 g/mol. The first-order valence-corrected chi connectivity index (χ1v) is 7.96. The summed E-state index contributed by atoms with van der Waals surface area (Å²) < 4.78 is 0. The summed E-state index contributed by atoms with van der Waals surface area (Å²) in [5.41, 5.74) is 6.46. The number of thioether (sulfide) groups is 1. The maximum absolute atomic E-state index is 12.4. The number of hydrogen-bond donors (Lipinski definition) is 2. The number of nitrogens with two attached hydrogens (primary N) is 1. The minimum Gasteiger partial charge on any atom is -0.323 e. The molecule has 0 spiro atoms. The van der Waals surface area contributed by atoms with E-state index >= 15 is 0 Å². The lowest BCUT2D eigenvalue weighted by atomic mass is 9.82. The Bertz CT molecular complexity index is 442. The summed E-state index contributed by atoms with van der Waals surface area (Å²) in [6, 6.07) is 7.92. The summed E-state index contributed by atoms with van der Waals surface area (Å²) in [4.78, 5) is 13.5. The highest BCUT2D eigenvalue weighted by molar-refractivity contribution is 7.99. The minimum absolute atomic E-state index is 0.0312. The summed E-state index contributed by atoms with van der Waals surface area (Å²) in [6.07, 6.45) is 4.88. The number of nitrogens with one attached hydrogen (secondary N) is 1. The SMILES string of the molecule is CCSc1ccccc1NC(=O)C1(N)CCCCC1. The van der Waals surface area contributed by atoms with Gasteiger partial charge >= 0.3 is 0 Å². The predicted octanol–water partition coefficient (Wildman–Crippen LogP) is 3.40. The smallest absolute Gasteiger partial charge is 0.244 e. The first-order valence-electron chi connectivity index (χ1n) is 6.98. The maximum atomic E-state index is 12.4. The van der Waals surface area contributed by atoms with Crippen molar-refractivity contribution in [2.24, 2.45) is 5.73 Å². The number of hydrogen-bond acceptors (Lipinski definition) is 3. The standard InChI is InChI=1S/C15H22N2OS/c1-2-19-13-9-5-4-8-12(13)17-14(18)15(16)10-6-3-7-11-15/h4-5,8-9H,2-3,6-7,10-11,16H2,1H3,(H,17,18). The second-order valence-electron chi connectivity index (χ2n) is 5.10. The quantitative estimate of drug-likeness (QED) is 0.830. The van der Waals surface area contributed by atoms with E-state index in [1.54, 1.807) is 11.8 Å². The molecule has 3 nitrogen and oxygen atoms in total. The lowest BCUT2D eigenvalue weighted by molar-refractivity contribution is -0.122. The van der Waals surface area contributed by atoms with Crippen molar-refractivity contribution in [3.05, 3.63) is 24.3 Å². The van der Waals surface area contributed by atoms with Crippen LogP contribution in [0, 0.1) is 0 Å². The predicted molar refractivity (Wildman–Crippen MR) is 81.5 cm³/mol. The molecule has 0 aliphatic heterocycles. The van der Waals surface area contributed by atoms with E-state index in [-0.39, 0.29) is 5.91 Å². The van der Waals surface area contributed by atoms with Crippen LogP contribution < -0.4 is 11.1 Å². The molecule has 0 aromatic heterocycles. The molecule has 1 saturated carbocycles. The largest absolute Gasteiger partial charge is 0.323 e. The fraction of sp³-hybridized carbons (Fsp3) is 0.533. The number of rotatable bonds is 4. The number of amides is 1. The second-order valence-corrected chi connectivity index (χ2v) is 6.41. The molecule has 0 radical (unpaired) electrons. The molecule has 1 aliphatic carbocycles. The van der Waals surface area contributed by atoms with Gasteiger partial charge in [0.25, 0.3) is 0 Å². The Kier molecular flexibility index (Phi) is 4.88. The average Bonchev–Trinajstić information content (AvgIpc) is 2.42. The molecule has 1 aliphatic rings. The molecule has 3 N–H and O–H groups in total. The van der Waals surface area contributed by atoms with Gasteiger partial charge in [0, 0.05) is 4.90 Å². The van der Waals surface area contributed by atoms with Gasteiger partial charge in [-0.2, -0.15) is 0 Å². The van der Waals surface area contributed by atoms with Crippen LogP contribution in [0.2, 0.25) is 0 Å². The first kappa shape index (κ1) is 14.4. The van der Waals surface area contributed by atoms with Gasteiger partial charge in [-0.3, -0.25) is 4.79 Å². The zero-order valence-corrected chi connectivity index (χ0v) is 12.3. The minimum atomic E-state index is -0.678. The van der Waals surface area contributed by atoms with Crippen LogP contribution in [0.4, 0.5) is 5.69 Å². The third kappa shape index (κ3) is 3.51. The summed E-state index contributed by atoms with van der Waals surface area (Å²) in [5.74, 6) is 0.956. The van der Waals surface area contributed by atoms with Gasteiger partial charge in [0.1, 0.15) is 0 Å². The van der Waals surface area contributed by atoms with E-state index in [4.69, 9.17) is 5.73 Å². The van der Waals surface area contributed by atoms with Gasteiger partial charge in [-0.25, -0.2) is 0 Å². The number of anilines is 1. The topological polar surface area (TPSA) is 55.1 Å². The fourth-order valence-electron chi connectivity index (χ4n) is 2.51. The summed E-state index contributed by atoms with van der Waals surface area (Å²) in [6.45, 7) is 2.11. The van der Waals surface area contributed by atoms with Crippen molar-refractivity contribution in [1.29, 1.82) is 0 Å². The zero-order chi connectivity index (χ0) is 13.7. The van der Waals surface area contributed by atoms with Crippen LogP contribution in [0.5, 0.6) is 0 Å². The van der Waals surface area contributed by atoms with Crippen molar-refractivity contribution in [3.8, 4) is 0 Å². The Morgan fingerprint density at radius 3 is 2.68 bits per heavy atom. The van der Waals surface area contributed by atoms with Crippen LogP contribution in [0.25, 0.3) is 0 Å². The lowest BCUT2D eigenvalue weighted by Gasteiger charge is -2.32. The van der Waals surface area contributed by atoms with Crippen LogP contribution >= 0.6 is 11.8 Å². The zero-order valence-electron chi connectivity index (χ0n) is 11.4. The Labute approximate surface area is 119 Å². The molecule has 1 aromatic carbocycles. The molecule has 4 heteroatoms. The molecular formula is C15H22N2OS. The van der Waals surface area contributed by atoms with E-state index in [0.717, 1.165) is 42.0 Å². The van der Waals surface area contributed by atoms with Crippen molar-refractivity contribution in [3.63, 3.8) is 0 Å². The van der Waals surface area contributed by atoms with Gasteiger partial charge in [-0.05, 0) is 30.7 Å². The van der Waals surface area contributed by atoms with Crippen molar-refractivity contribution in [2.75, 3.05) is 11.1 Å². The molecule has 0 atom stereocenters. The number of carbonyl (C=O) groups is 1. The third-order valence-electron chi connectivity index (χ3n) is 3.63. The van der Waals surface area contributed by atoms with Gasteiger partial charge in [-0.1, -0.05) is 38.3 Å². The van der Waals surface area contributed by atoms with Crippen LogP contribution in [-0.2, 0) is 4.79 Å². The van der Waals surface area contributed by atoms with Crippen molar-refractivity contribution in [1.82, 2.24) is 0 Å². The molecule has 1 aromatic rings. The van der Waals surface area contributed by atoms with E-state index in [9.17, 15) is 4.79 Å². The van der Waals surface area contributed by atoms with Crippen molar-refractivity contribution >= 4 is 23.4 Å². The van der Waals surface area contributed by atoms with E-state index < -0.39 is 5.54 Å². The third-order valence-corrected chi connectivity index (χ3v) is 4.59. The molecule has 1 fully saturated rings. The summed E-state index contributed by atoms with van der Waals surface area (Å²) in [5, 5.41) is 3.02. The Balaban J connectivity index is 2.10. The van der Waals surface area contributed by atoms with E-state index in [2.05, 4.69) is 12.2 Å². The Hall–Kier alpha value is -1.00. The number of benzene rings is 1. The maximum Gasteiger partial charge on any atom is 0.244 e. The Morgan fingerprint density at radius 1 is 1.32 bits per heavy atom. The van der Waals surface area contributed by atoms with Gasteiger partial charge in [-0.15, -0.1) is 11.8 Å². The Morgan fingerprint density at radius 2 is 2.00 bits per heavy atom. The monoisotopic (exact) mass is 278 g/mol. The highest BCUT2D eigenvalue weighted by Gasteiger charge is 2.35. The highest BCUT2D eigenvalue weighted by atomic mass is 32.2. The van der Waals surface area contributed by atoms with Crippen LogP contribution in [0.3, 0.4) is 0 Å². The van der Waals surface area contributed by atoms with Gasteiger partial charge in [0.15, 0.2) is 0 Å². The van der Waals surface area contributed by atoms with Gasteiger partial charge in [0.05, 0.1) is 11.2 Å². The number of carbonyl (C=O) groups excluding carboxylic acids is 1. The van der Waals surface area contributed by atoms with E-state index in [1.807, 2.05) is 24.3 Å². The van der Waals surface area contributed by atoms with Gasteiger partial charge < -0.3 is 11.1 Å². The average molecular weight is 278 g/mol. The lowest BCUT2D eigenvalue weighted by Crippen LogP contribution is -2.52. The molecule has 0 heterocycles. The van der Waals surface area contributed by atoms with E-state index in [1.165, 1.54) is 6.42 Å². The number of para-hydroxylation sites is 1. The molecule has 19 heavy (non-hydrogen) atoms. The summed E-state index contributed by atoms with van der Waals surface area (Å²) >= 11 is 1.73. The molecule has 104 valence electrons. The first-order chi connectivity index (χ1) is 9.15. The molecule has 0 unspecified atom stereocenters. The van der Waals surface area contributed by atoms with Crippen LogP contribution in [-0.4, -0.2) is 17.2 Å². The van der Waals surface area contributed by atoms with Crippen LogP contribution in [0.15, 0.2) is 29.2 Å². The van der Waals surface area contributed by atoms with Crippen LogP contribution in [0.1, 0.15) is 39.0 Å². The second kappa shape index (κ2) is 6.44. The molecule has 2 rings (SSSR count).